The first-order valence-electron chi connectivity index (χ1n) is 7.56. The second-order valence-electron chi connectivity index (χ2n) is 6.50. The van der Waals surface area contributed by atoms with Crippen LogP contribution in [0.25, 0.3) is 0 Å². The van der Waals surface area contributed by atoms with Crippen molar-refractivity contribution in [3.63, 3.8) is 0 Å². The molecule has 0 unspecified atom stereocenters. The van der Waals surface area contributed by atoms with E-state index in [1.54, 1.807) is 6.07 Å². The van der Waals surface area contributed by atoms with Crippen molar-refractivity contribution in [1.29, 1.82) is 0 Å². The smallest absolute Gasteiger partial charge is 0.383 e. The summed E-state index contributed by atoms with van der Waals surface area (Å²) < 4.78 is 38.7. The quantitative estimate of drug-likeness (QED) is 0.757. The van der Waals surface area contributed by atoms with Crippen LogP contribution in [0.15, 0.2) is 18.2 Å². The summed E-state index contributed by atoms with van der Waals surface area (Å²) in [5, 5.41) is 3.39. The lowest BCUT2D eigenvalue weighted by Crippen LogP contribution is -2.40. The molecule has 1 saturated carbocycles. The summed E-state index contributed by atoms with van der Waals surface area (Å²) in [6.07, 6.45) is 1.75. The van der Waals surface area contributed by atoms with Gasteiger partial charge in [-0.25, -0.2) is 0 Å². The fourth-order valence-electron chi connectivity index (χ4n) is 3.74. The van der Waals surface area contributed by atoms with Crippen LogP contribution in [-0.2, 0) is 6.18 Å². The van der Waals surface area contributed by atoms with Gasteiger partial charge in [-0.15, -0.1) is 0 Å². The van der Waals surface area contributed by atoms with Crippen molar-refractivity contribution in [3.8, 4) is 0 Å². The zero-order valence-electron chi connectivity index (χ0n) is 12.3. The lowest BCUT2D eigenvalue weighted by Gasteiger charge is -2.38. The number of nitrogens with one attached hydrogen (secondary N) is 1. The second kappa shape index (κ2) is 5.11. The average Bonchev–Trinajstić information content (AvgIpc) is 2.57. The highest BCUT2D eigenvalue weighted by atomic mass is 19.4. The Labute approximate surface area is 123 Å². The molecule has 21 heavy (non-hydrogen) atoms. The predicted octanol–water partition coefficient (Wildman–Crippen LogP) is 4.52. The number of rotatable bonds is 0. The third-order valence-electron chi connectivity index (χ3n) is 4.88. The normalized spacial score (nSPS) is 21.6. The van der Waals surface area contributed by atoms with Crippen molar-refractivity contribution in [3.05, 3.63) is 23.8 Å². The summed E-state index contributed by atoms with van der Waals surface area (Å²) in [5.41, 5.74) is 1.10. The first kappa shape index (κ1) is 14.5. The Hall–Kier alpha value is -1.39. The third kappa shape index (κ3) is 2.83. The van der Waals surface area contributed by atoms with Gasteiger partial charge in [-0.05, 0) is 31.0 Å². The van der Waals surface area contributed by atoms with Gasteiger partial charge < -0.3 is 10.2 Å². The van der Waals surface area contributed by atoms with Crippen molar-refractivity contribution in [2.24, 2.45) is 5.41 Å². The molecule has 5 heteroatoms. The van der Waals surface area contributed by atoms with Crippen LogP contribution < -0.4 is 10.2 Å². The maximum atomic E-state index is 12.9. The number of anilines is 2. The summed E-state index contributed by atoms with van der Waals surface area (Å²) in [6, 6.07) is 4.00. The Morgan fingerprint density at radius 1 is 1.14 bits per heavy atom. The van der Waals surface area contributed by atoms with Gasteiger partial charge in [0.2, 0.25) is 0 Å². The van der Waals surface area contributed by atoms with Crippen LogP contribution in [0.5, 0.6) is 0 Å². The van der Waals surface area contributed by atoms with Gasteiger partial charge in [-0.1, -0.05) is 19.3 Å². The van der Waals surface area contributed by atoms with E-state index in [-0.39, 0.29) is 5.41 Å². The molecule has 1 heterocycles. The van der Waals surface area contributed by atoms with Crippen molar-refractivity contribution in [2.75, 3.05) is 30.4 Å². The highest BCUT2D eigenvalue weighted by Crippen LogP contribution is 2.43. The Morgan fingerprint density at radius 3 is 2.52 bits per heavy atom. The summed E-state index contributed by atoms with van der Waals surface area (Å²) in [5.74, 6) is 0. The Morgan fingerprint density at radius 2 is 1.86 bits per heavy atom. The van der Waals surface area contributed by atoms with E-state index in [4.69, 9.17) is 0 Å². The summed E-state index contributed by atoms with van der Waals surface area (Å²) in [6.45, 7) is 1.68. The van der Waals surface area contributed by atoms with Gasteiger partial charge in [0.15, 0.2) is 0 Å². The molecule has 1 N–H and O–H groups in total. The van der Waals surface area contributed by atoms with Crippen molar-refractivity contribution in [2.45, 2.75) is 38.3 Å². The van der Waals surface area contributed by atoms with Gasteiger partial charge in [0, 0.05) is 25.6 Å². The van der Waals surface area contributed by atoms with Crippen molar-refractivity contribution >= 4 is 11.4 Å². The Kier molecular flexibility index (Phi) is 3.54. The fourth-order valence-corrected chi connectivity index (χ4v) is 3.74. The molecule has 0 aromatic heterocycles. The van der Waals surface area contributed by atoms with E-state index in [0.717, 1.165) is 31.6 Å². The van der Waals surface area contributed by atoms with Crippen LogP contribution in [-0.4, -0.2) is 20.1 Å². The largest absolute Gasteiger partial charge is 0.416 e. The van der Waals surface area contributed by atoms with Crippen molar-refractivity contribution in [1.82, 2.24) is 0 Å². The maximum absolute atomic E-state index is 12.9. The molecule has 0 atom stereocenters. The van der Waals surface area contributed by atoms with E-state index in [2.05, 4.69) is 5.32 Å². The van der Waals surface area contributed by atoms with Crippen LogP contribution in [0, 0.1) is 5.41 Å². The van der Waals surface area contributed by atoms with Gasteiger partial charge >= 0.3 is 6.18 Å². The van der Waals surface area contributed by atoms with Crippen LogP contribution in [0.4, 0.5) is 24.5 Å². The van der Waals surface area contributed by atoms with Crippen LogP contribution in [0.1, 0.15) is 37.7 Å². The third-order valence-corrected chi connectivity index (χ3v) is 4.88. The molecule has 2 aliphatic rings. The lowest BCUT2D eigenvalue weighted by molar-refractivity contribution is -0.137. The fraction of sp³-hybridized carbons (Fsp3) is 0.625. The number of hydrogen-bond acceptors (Lipinski definition) is 2. The Balaban J connectivity index is 1.91. The van der Waals surface area contributed by atoms with E-state index < -0.39 is 11.7 Å². The van der Waals surface area contributed by atoms with Crippen molar-refractivity contribution < 1.29 is 13.2 Å². The molecule has 116 valence electrons. The second-order valence-corrected chi connectivity index (χ2v) is 6.50. The zero-order valence-corrected chi connectivity index (χ0v) is 12.3. The van der Waals surface area contributed by atoms with E-state index >= 15 is 0 Å². The monoisotopic (exact) mass is 298 g/mol. The SMILES string of the molecule is CN1CC2(CCCCC2)CNc2ccc(C(F)(F)F)cc21. The molecule has 0 amide bonds. The van der Waals surface area contributed by atoms with Crippen LogP contribution >= 0.6 is 0 Å². The van der Waals surface area contributed by atoms with Gasteiger partial charge in [0.1, 0.15) is 0 Å². The number of halogens is 3. The predicted molar refractivity (Wildman–Crippen MR) is 78.7 cm³/mol. The molecule has 0 saturated heterocycles. The minimum atomic E-state index is -4.29. The molecule has 0 radical (unpaired) electrons. The molecule has 1 aliphatic heterocycles. The summed E-state index contributed by atoms with van der Waals surface area (Å²) in [7, 11) is 1.91. The first-order valence-corrected chi connectivity index (χ1v) is 7.56. The topological polar surface area (TPSA) is 15.3 Å². The van der Waals surface area contributed by atoms with Gasteiger partial charge in [0.05, 0.1) is 16.9 Å². The van der Waals surface area contributed by atoms with Crippen LogP contribution in [0.2, 0.25) is 0 Å². The lowest BCUT2D eigenvalue weighted by atomic mass is 9.74. The molecular weight excluding hydrogens is 277 g/mol. The van der Waals surface area contributed by atoms with E-state index in [0.29, 0.717) is 5.69 Å². The Bertz CT molecular complexity index is 519. The number of benzene rings is 1. The summed E-state index contributed by atoms with van der Waals surface area (Å²) >= 11 is 0. The molecule has 3 rings (SSSR count). The minimum Gasteiger partial charge on any atom is -0.383 e. The number of nitrogens with zero attached hydrogens (tertiary/aromatic N) is 1. The maximum Gasteiger partial charge on any atom is 0.416 e. The molecule has 1 aromatic rings. The highest BCUT2D eigenvalue weighted by Gasteiger charge is 2.37. The summed E-state index contributed by atoms with van der Waals surface area (Å²) in [4.78, 5) is 2.00. The number of fused-ring (bicyclic) bond motifs is 1. The molecule has 1 spiro atoms. The molecule has 1 aliphatic carbocycles. The van der Waals surface area contributed by atoms with Gasteiger partial charge in [-0.2, -0.15) is 13.2 Å². The standard InChI is InChI=1S/C16H21F3N2/c1-21-11-15(7-3-2-4-8-15)10-20-13-6-5-12(9-14(13)21)16(17,18)19/h5-6,9,20H,2-4,7-8,10-11H2,1H3. The molecule has 2 nitrogen and oxygen atoms in total. The van der Waals surface area contributed by atoms with E-state index in [1.165, 1.54) is 31.4 Å². The van der Waals surface area contributed by atoms with E-state index in [9.17, 15) is 13.2 Å². The molecule has 1 aromatic carbocycles. The number of hydrogen-bond donors (Lipinski definition) is 1. The zero-order chi connectivity index (χ0) is 15.1. The first-order chi connectivity index (χ1) is 9.90. The molecule has 0 bridgehead atoms. The molecule has 1 fully saturated rings. The average molecular weight is 298 g/mol. The van der Waals surface area contributed by atoms with Gasteiger partial charge in [-0.3, -0.25) is 0 Å². The van der Waals surface area contributed by atoms with Gasteiger partial charge in [0.25, 0.3) is 0 Å². The van der Waals surface area contributed by atoms with Crippen LogP contribution in [0.3, 0.4) is 0 Å². The molecular formula is C16H21F3N2. The highest BCUT2D eigenvalue weighted by molar-refractivity contribution is 5.72. The minimum absolute atomic E-state index is 0.199. The number of alkyl halides is 3. The van der Waals surface area contributed by atoms with E-state index in [1.807, 2.05) is 11.9 Å².